The molecule has 1 aromatic carbocycles. The Morgan fingerprint density at radius 2 is 2.12 bits per heavy atom. The van der Waals surface area contributed by atoms with Crippen LogP contribution in [-0.4, -0.2) is 17.6 Å². The standard InChI is InChI=1S/C13H19NO3/c1-10(15)11-6-2-3-7-12(11)17-9-5-4-8-13(14)16/h2-3,6-7,10,15H,4-5,8-9H2,1H3,(H2,14,16). The van der Waals surface area contributed by atoms with Gasteiger partial charge in [-0.25, -0.2) is 0 Å². The SMILES string of the molecule is CC(O)c1ccccc1OCCCCC(N)=O. The number of aliphatic hydroxyl groups excluding tert-OH is 1. The van der Waals surface area contributed by atoms with Crippen molar-refractivity contribution < 1.29 is 14.6 Å². The van der Waals surface area contributed by atoms with Crippen molar-refractivity contribution in [3.05, 3.63) is 29.8 Å². The number of carbonyl (C=O) groups excluding carboxylic acids is 1. The maximum Gasteiger partial charge on any atom is 0.217 e. The Morgan fingerprint density at radius 1 is 1.41 bits per heavy atom. The van der Waals surface area contributed by atoms with Crippen LogP contribution in [0.15, 0.2) is 24.3 Å². The molecular weight excluding hydrogens is 218 g/mol. The normalized spacial score (nSPS) is 12.1. The van der Waals surface area contributed by atoms with Crippen LogP contribution in [0.3, 0.4) is 0 Å². The fraction of sp³-hybridized carbons (Fsp3) is 0.462. The topological polar surface area (TPSA) is 72.6 Å². The molecule has 0 heterocycles. The van der Waals surface area contributed by atoms with Gasteiger partial charge in [0.2, 0.25) is 5.91 Å². The van der Waals surface area contributed by atoms with Crippen LogP contribution in [0.5, 0.6) is 5.75 Å². The van der Waals surface area contributed by atoms with E-state index in [9.17, 15) is 9.90 Å². The highest BCUT2D eigenvalue weighted by Crippen LogP contribution is 2.24. The number of unbranched alkanes of at least 4 members (excludes halogenated alkanes) is 1. The van der Waals surface area contributed by atoms with Gasteiger partial charge < -0.3 is 15.6 Å². The zero-order valence-electron chi connectivity index (χ0n) is 10.1. The molecule has 0 spiro atoms. The summed E-state index contributed by atoms with van der Waals surface area (Å²) in [5.74, 6) is 0.413. The molecule has 0 radical (unpaired) electrons. The number of carbonyl (C=O) groups is 1. The summed E-state index contributed by atoms with van der Waals surface area (Å²) in [6, 6.07) is 7.40. The average molecular weight is 237 g/mol. The molecule has 4 heteroatoms. The number of hydrogen-bond donors (Lipinski definition) is 2. The Hall–Kier alpha value is -1.55. The lowest BCUT2D eigenvalue weighted by Crippen LogP contribution is -2.10. The quantitative estimate of drug-likeness (QED) is 0.710. The molecule has 1 unspecified atom stereocenters. The predicted molar refractivity (Wildman–Crippen MR) is 65.6 cm³/mol. The van der Waals surface area contributed by atoms with Crippen molar-refractivity contribution in [1.29, 1.82) is 0 Å². The summed E-state index contributed by atoms with van der Waals surface area (Å²) in [7, 11) is 0. The Kier molecular flexibility index (Phi) is 5.49. The van der Waals surface area contributed by atoms with Gasteiger partial charge in [-0.2, -0.15) is 0 Å². The second kappa shape index (κ2) is 6.91. The summed E-state index contributed by atoms with van der Waals surface area (Å²) >= 11 is 0. The lowest BCUT2D eigenvalue weighted by molar-refractivity contribution is -0.118. The fourth-order valence-corrected chi connectivity index (χ4v) is 1.54. The maximum absolute atomic E-state index is 10.5. The minimum atomic E-state index is -0.545. The van der Waals surface area contributed by atoms with Crippen molar-refractivity contribution in [3.8, 4) is 5.75 Å². The second-order valence-corrected chi connectivity index (χ2v) is 3.99. The smallest absolute Gasteiger partial charge is 0.217 e. The van der Waals surface area contributed by atoms with E-state index in [0.717, 1.165) is 18.4 Å². The number of ether oxygens (including phenoxy) is 1. The first-order valence-corrected chi connectivity index (χ1v) is 5.79. The Bertz CT molecular complexity index is 363. The van der Waals surface area contributed by atoms with Crippen LogP contribution >= 0.6 is 0 Å². The van der Waals surface area contributed by atoms with Crippen molar-refractivity contribution in [2.24, 2.45) is 5.73 Å². The molecule has 4 nitrogen and oxygen atoms in total. The molecule has 0 aliphatic heterocycles. The van der Waals surface area contributed by atoms with Gasteiger partial charge in [0.1, 0.15) is 5.75 Å². The van der Waals surface area contributed by atoms with E-state index in [-0.39, 0.29) is 5.91 Å². The van der Waals surface area contributed by atoms with E-state index in [1.54, 1.807) is 6.92 Å². The molecule has 94 valence electrons. The lowest BCUT2D eigenvalue weighted by atomic mass is 10.1. The first-order valence-electron chi connectivity index (χ1n) is 5.79. The van der Waals surface area contributed by atoms with Crippen LogP contribution in [0, 0.1) is 0 Å². The molecule has 1 aromatic rings. The van der Waals surface area contributed by atoms with Crippen LogP contribution in [0.1, 0.15) is 37.9 Å². The first kappa shape index (κ1) is 13.5. The van der Waals surface area contributed by atoms with E-state index in [4.69, 9.17) is 10.5 Å². The first-order chi connectivity index (χ1) is 8.11. The van der Waals surface area contributed by atoms with Gasteiger partial charge in [-0.15, -0.1) is 0 Å². The summed E-state index contributed by atoms with van der Waals surface area (Å²) in [4.78, 5) is 10.5. The highest BCUT2D eigenvalue weighted by atomic mass is 16.5. The van der Waals surface area contributed by atoms with Crippen LogP contribution in [0.2, 0.25) is 0 Å². The van der Waals surface area contributed by atoms with E-state index in [0.29, 0.717) is 18.8 Å². The van der Waals surface area contributed by atoms with Gasteiger partial charge in [-0.05, 0) is 25.8 Å². The summed E-state index contributed by atoms with van der Waals surface area (Å²) in [6.07, 6.45) is 1.35. The van der Waals surface area contributed by atoms with Crippen LogP contribution in [0.25, 0.3) is 0 Å². The van der Waals surface area contributed by atoms with Crippen LogP contribution in [0.4, 0.5) is 0 Å². The minimum Gasteiger partial charge on any atom is -0.493 e. The Balaban J connectivity index is 2.38. The third kappa shape index (κ3) is 4.87. The van der Waals surface area contributed by atoms with Gasteiger partial charge in [-0.1, -0.05) is 18.2 Å². The Morgan fingerprint density at radius 3 is 2.76 bits per heavy atom. The molecule has 0 bridgehead atoms. The largest absolute Gasteiger partial charge is 0.493 e. The average Bonchev–Trinajstić information content (AvgIpc) is 2.28. The minimum absolute atomic E-state index is 0.283. The van der Waals surface area contributed by atoms with E-state index in [1.165, 1.54) is 0 Å². The zero-order chi connectivity index (χ0) is 12.7. The number of para-hydroxylation sites is 1. The summed E-state index contributed by atoms with van der Waals surface area (Å²) in [5, 5.41) is 9.54. The Labute approximate surface area is 101 Å². The highest BCUT2D eigenvalue weighted by molar-refractivity contribution is 5.73. The van der Waals surface area contributed by atoms with Crippen molar-refractivity contribution >= 4 is 5.91 Å². The van der Waals surface area contributed by atoms with Crippen LogP contribution < -0.4 is 10.5 Å². The number of amides is 1. The molecule has 0 fully saturated rings. The number of rotatable bonds is 7. The summed E-state index contributed by atoms with van der Waals surface area (Å²) < 4.78 is 5.57. The number of aliphatic hydroxyl groups is 1. The molecule has 17 heavy (non-hydrogen) atoms. The van der Waals surface area contributed by atoms with E-state index in [1.807, 2.05) is 24.3 Å². The highest BCUT2D eigenvalue weighted by Gasteiger charge is 2.07. The van der Waals surface area contributed by atoms with Gasteiger partial charge in [0.25, 0.3) is 0 Å². The van der Waals surface area contributed by atoms with Gasteiger partial charge in [0, 0.05) is 12.0 Å². The number of hydrogen-bond acceptors (Lipinski definition) is 3. The third-order valence-electron chi connectivity index (χ3n) is 2.44. The lowest BCUT2D eigenvalue weighted by Gasteiger charge is -2.12. The summed E-state index contributed by atoms with van der Waals surface area (Å²) in [5.41, 5.74) is 5.82. The molecule has 0 aromatic heterocycles. The van der Waals surface area contributed by atoms with Gasteiger partial charge >= 0.3 is 0 Å². The number of primary amides is 1. The van der Waals surface area contributed by atoms with Gasteiger partial charge in [-0.3, -0.25) is 4.79 Å². The van der Waals surface area contributed by atoms with Crippen molar-refractivity contribution in [2.45, 2.75) is 32.3 Å². The molecule has 1 atom stereocenters. The van der Waals surface area contributed by atoms with E-state index in [2.05, 4.69) is 0 Å². The molecule has 0 saturated carbocycles. The summed E-state index contributed by atoms with van der Waals surface area (Å²) in [6.45, 7) is 2.23. The number of nitrogens with two attached hydrogens (primary N) is 1. The molecule has 0 aliphatic carbocycles. The zero-order valence-corrected chi connectivity index (χ0v) is 10.1. The molecule has 1 amide bonds. The van der Waals surface area contributed by atoms with Gasteiger partial charge in [0.15, 0.2) is 0 Å². The predicted octanol–water partition coefficient (Wildman–Crippen LogP) is 1.77. The van der Waals surface area contributed by atoms with Crippen molar-refractivity contribution in [1.82, 2.24) is 0 Å². The van der Waals surface area contributed by atoms with Crippen molar-refractivity contribution in [3.63, 3.8) is 0 Å². The molecule has 3 N–H and O–H groups in total. The second-order valence-electron chi connectivity index (χ2n) is 3.99. The van der Waals surface area contributed by atoms with E-state index < -0.39 is 6.10 Å². The molecular formula is C13H19NO3. The van der Waals surface area contributed by atoms with Gasteiger partial charge in [0.05, 0.1) is 12.7 Å². The van der Waals surface area contributed by atoms with Crippen LogP contribution in [-0.2, 0) is 4.79 Å². The monoisotopic (exact) mass is 237 g/mol. The fourth-order valence-electron chi connectivity index (χ4n) is 1.54. The maximum atomic E-state index is 10.5. The molecule has 0 aliphatic rings. The number of benzene rings is 1. The van der Waals surface area contributed by atoms with Crippen molar-refractivity contribution in [2.75, 3.05) is 6.61 Å². The molecule has 0 saturated heterocycles. The molecule has 1 rings (SSSR count). The van der Waals surface area contributed by atoms with E-state index >= 15 is 0 Å². The third-order valence-corrected chi connectivity index (χ3v) is 2.44.